The number of benzene rings is 2. The summed E-state index contributed by atoms with van der Waals surface area (Å²) in [5.41, 5.74) is 4.63. The predicted molar refractivity (Wildman–Crippen MR) is 154 cm³/mol. The summed E-state index contributed by atoms with van der Waals surface area (Å²) in [7, 11) is 0. The highest BCUT2D eigenvalue weighted by Crippen LogP contribution is 2.21. The largest absolute Gasteiger partial charge is 0.465 e. The molecule has 2 aromatic rings. The highest BCUT2D eigenvalue weighted by atomic mass is 16.5. The van der Waals surface area contributed by atoms with Crippen LogP contribution in [0.3, 0.4) is 0 Å². The van der Waals surface area contributed by atoms with E-state index in [1.54, 1.807) is 0 Å². The number of unbranched alkanes of at least 4 members (excludes halogenated alkanes) is 5. The maximum atomic E-state index is 13.0. The average molecular weight is 535 g/mol. The molecule has 4 rings (SSSR count). The van der Waals surface area contributed by atoms with E-state index >= 15 is 0 Å². The molecular formula is C31H42N4O4. The Kier molecular flexibility index (Phi) is 11.3. The minimum absolute atomic E-state index is 0.150. The molecule has 2 aliphatic rings. The topological polar surface area (TPSA) is 83.5 Å². The van der Waals surface area contributed by atoms with Gasteiger partial charge in [0.1, 0.15) is 0 Å². The van der Waals surface area contributed by atoms with Crippen molar-refractivity contribution in [3.05, 3.63) is 64.7 Å². The fourth-order valence-corrected chi connectivity index (χ4v) is 4.86. The SMILES string of the molecule is CCCCCCCCOC(=O)CN1CCc2ccc(C(=O)Nc3ccc(C=NN4CCOCC4)cc3)cc2C1. The summed E-state index contributed by atoms with van der Waals surface area (Å²) in [6, 6.07) is 13.5. The van der Waals surface area contributed by atoms with Crippen LogP contribution in [0.15, 0.2) is 47.6 Å². The first-order chi connectivity index (χ1) is 19.1. The number of nitrogens with zero attached hydrogens (tertiary/aromatic N) is 3. The molecule has 0 radical (unpaired) electrons. The van der Waals surface area contributed by atoms with E-state index in [0.29, 0.717) is 31.9 Å². The number of carbonyl (C=O) groups excluding carboxylic acids is 2. The number of carbonyl (C=O) groups is 2. The number of ether oxygens (including phenoxy) is 2. The van der Waals surface area contributed by atoms with E-state index in [1.807, 2.05) is 53.7 Å². The standard InChI is InChI=1S/C31H42N4O4/c1-2-3-4-5-6-7-18-39-30(36)24-34-15-14-26-10-11-27(21-28(26)23-34)31(37)33-29-12-8-25(9-13-29)22-32-35-16-19-38-20-17-35/h8-13,21-22H,2-7,14-20,23-24H2,1H3,(H,33,37). The van der Waals surface area contributed by atoms with Crippen molar-refractivity contribution in [1.29, 1.82) is 0 Å². The molecule has 1 N–H and O–H groups in total. The van der Waals surface area contributed by atoms with Crippen LogP contribution in [0.4, 0.5) is 5.69 Å². The molecule has 8 nitrogen and oxygen atoms in total. The van der Waals surface area contributed by atoms with Gasteiger partial charge in [0.2, 0.25) is 0 Å². The summed E-state index contributed by atoms with van der Waals surface area (Å²) in [5.74, 6) is -0.317. The molecule has 2 aromatic carbocycles. The van der Waals surface area contributed by atoms with Gasteiger partial charge in [-0.15, -0.1) is 0 Å². The molecule has 0 saturated carbocycles. The zero-order chi connectivity index (χ0) is 27.3. The highest BCUT2D eigenvalue weighted by molar-refractivity contribution is 6.04. The summed E-state index contributed by atoms with van der Waals surface area (Å²) in [6.45, 7) is 7.45. The molecule has 210 valence electrons. The monoisotopic (exact) mass is 534 g/mol. The van der Waals surface area contributed by atoms with Crippen molar-refractivity contribution in [3.63, 3.8) is 0 Å². The summed E-state index contributed by atoms with van der Waals surface area (Å²) >= 11 is 0. The molecule has 0 aromatic heterocycles. The molecule has 2 aliphatic heterocycles. The molecular weight excluding hydrogens is 492 g/mol. The van der Waals surface area contributed by atoms with Crippen LogP contribution in [0.2, 0.25) is 0 Å². The Morgan fingerprint density at radius 2 is 1.74 bits per heavy atom. The molecule has 39 heavy (non-hydrogen) atoms. The van der Waals surface area contributed by atoms with Crippen LogP contribution in [-0.2, 0) is 27.2 Å². The summed E-state index contributed by atoms with van der Waals surface area (Å²) in [6.07, 6.45) is 9.71. The first-order valence-electron chi connectivity index (χ1n) is 14.4. The van der Waals surface area contributed by atoms with Crippen LogP contribution in [-0.4, -0.2) is 74.0 Å². The third kappa shape index (κ3) is 9.48. The number of nitrogens with one attached hydrogen (secondary N) is 1. The zero-order valence-corrected chi connectivity index (χ0v) is 23.2. The molecule has 8 heteroatoms. The quantitative estimate of drug-likeness (QED) is 0.224. The second kappa shape index (κ2) is 15.4. The molecule has 1 fully saturated rings. The lowest BCUT2D eigenvalue weighted by Crippen LogP contribution is -2.35. The van der Waals surface area contributed by atoms with Crippen LogP contribution in [0.1, 0.15) is 72.5 Å². The van der Waals surface area contributed by atoms with Gasteiger partial charge in [-0.3, -0.25) is 19.5 Å². The highest BCUT2D eigenvalue weighted by Gasteiger charge is 2.20. The second-order valence-corrected chi connectivity index (χ2v) is 10.3. The normalized spacial score (nSPS) is 15.8. The van der Waals surface area contributed by atoms with Crippen LogP contribution < -0.4 is 5.32 Å². The van der Waals surface area contributed by atoms with Gasteiger partial charge in [0.25, 0.3) is 5.91 Å². The zero-order valence-electron chi connectivity index (χ0n) is 23.2. The third-order valence-corrected chi connectivity index (χ3v) is 7.20. The van der Waals surface area contributed by atoms with Gasteiger partial charge in [0, 0.05) is 24.3 Å². The molecule has 2 heterocycles. The number of hydrazone groups is 1. The van der Waals surface area contributed by atoms with Crippen molar-refractivity contribution in [1.82, 2.24) is 9.91 Å². The Bertz CT molecular complexity index is 1100. The van der Waals surface area contributed by atoms with Gasteiger partial charge in [-0.2, -0.15) is 5.10 Å². The number of fused-ring (bicyclic) bond motifs is 1. The average Bonchev–Trinajstić information content (AvgIpc) is 2.96. The minimum Gasteiger partial charge on any atom is -0.465 e. The Morgan fingerprint density at radius 1 is 0.974 bits per heavy atom. The molecule has 0 aliphatic carbocycles. The number of morpholine rings is 1. The molecule has 1 amide bonds. The van der Waals surface area contributed by atoms with Gasteiger partial charge in [-0.05, 0) is 53.8 Å². The van der Waals surface area contributed by atoms with E-state index in [1.165, 1.54) is 31.2 Å². The van der Waals surface area contributed by atoms with Crippen molar-refractivity contribution in [2.24, 2.45) is 5.10 Å². The van der Waals surface area contributed by atoms with E-state index in [-0.39, 0.29) is 18.4 Å². The van der Waals surface area contributed by atoms with E-state index in [2.05, 4.69) is 22.2 Å². The third-order valence-electron chi connectivity index (χ3n) is 7.20. The molecule has 0 atom stereocenters. The predicted octanol–water partition coefficient (Wildman–Crippen LogP) is 4.87. The van der Waals surface area contributed by atoms with E-state index < -0.39 is 0 Å². The van der Waals surface area contributed by atoms with Crippen LogP contribution in [0.25, 0.3) is 0 Å². The first kappa shape index (κ1) is 28.8. The van der Waals surface area contributed by atoms with E-state index in [0.717, 1.165) is 55.7 Å². The van der Waals surface area contributed by atoms with Crippen molar-refractivity contribution >= 4 is 23.8 Å². The summed E-state index contributed by atoms with van der Waals surface area (Å²) in [4.78, 5) is 27.4. The molecule has 0 unspecified atom stereocenters. The second-order valence-electron chi connectivity index (χ2n) is 10.3. The number of rotatable bonds is 13. The summed E-state index contributed by atoms with van der Waals surface area (Å²) < 4.78 is 10.8. The van der Waals surface area contributed by atoms with Gasteiger partial charge in [-0.25, -0.2) is 0 Å². The van der Waals surface area contributed by atoms with Crippen molar-refractivity contribution < 1.29 is 19.1 Å². The lowest BCUT2D eigenvalue weighted by Gasteiger charge is -2.28. The fraction of sp³-hybridized carbons (Fsp3) is 0.516. The Hall–Kier alpha value is -3.23. The smallest absolute Gasteiger partial charge is 0.320 e. The van der Waals surface area contributed by atoms with Gasteiger partial charge >= 0.3 is 5.97 Å². The van der Waals surface area contributed by atoms with Gasteiger partial charge in [0.15, 0.2) is 0 Å². The van der Waals surface area contributed by atoms with Crippen LogP contribution in [0.5, 0.6) is 0 Å². The minimum atomic E-state index is -0.167. The number of amides is 1. The Morgan fingerprint density at radius 3 is 2.54 bits per heavy atom. The van der Waals surface area contributed by atoms with Crippen molar-refractivity contribution in [3.8, 4) is 0 Å². The fourth-order valence-electron chi connectivity index (χ4n) is 4.86. The lowest BCUT2D eigenvalue weighted by atomic mass is 9.97. The van der Waals surface area contributed by atoms with Gasteiger partial charge in [-0.1, -0.05) is 57.2 Å². The first-order valence-corrected chi connectivity index (χ1v) is 14.4. The summed E-state index contributed by atoms with van der Waals surface area (Å²) in [5, 5.41) is 9.48. The van der Waals surface area contributed by atoms with Gasteiger partial charge < -0.3 is 14.8 Å². The van der Waals surface area contributed by atoms with Crippen molar-refractivity contribution in [2.45, 2.75) is 58.4 Å². The number of hydrogen-bond donors (Lipinski definition) is 1. The number of esters is 1. The maximum Gasteiger partial charge on any atom is 0.320 e. The van der Waals surface area contributed by atoms with E-state index in [4.69, 9.17) is 9.47 Å². The Balaban J connectivity index is 1.23. The van der Waals surface area contributed by atoms with Crippen LogP contribution >= 0.6 is 0 Å². The molecule has 1 saturated heterocycles. The lowest BCUT2D eigenvalue weighted by molar-refractivity contribution is -0.145. The number of hydrogen-bond acceptors (Lipinski definition) is 7. The Labute approximate surface area is 232 Å². The molecule has 0 spiro atoms. The van der Waals surface area contributed by atoms with Crippen molar-refractivity contribution in [2.75, 3.05) is 51.3 Å². The van der Waals surface area contributed by atoms with Crippen LogP contribution in [0, 0.1) is 0 Å². The number of anilines is 1. The molecule has 0 bridgehead atoms. The van der Waals surface area contributed by atoms with E-state index in [9.17, 15) is 9.59 Å². The van der Waals surface area contributed by atoms with Gasteiger partial charge in [0.05, 0.1) is 45.7 Å². The maximum absolute atomic E-state index is 13.0.